The normalized spacial score (nSPS) is 11.7. The molecule has 1 atom stereocenters. The molecule has 0 aliphatic carbocycles. The third kappa shape index (κ3) is 3.60. The molecule has 24 heavy (non-hydrogen) atoms. The average molecular weight is 322 g/mol. The minimum atomic E-state index is -0.254. The van der Waals surface area contributed by atoms with E-state index < -0.39 is 0 Å². The number of para-hydroxylation sites is 1. The lowest BCUT2D eigenvalue weighted by Gasteiger charge is -2.19. The summed E-state index contributed by atoms with van der Waals surface area (Å²) in [5, 5.41) is 11.3. The highest BCUT2D eigenvalue weighted by Gasteiger charge is 2.19. The molecule has 2 aromatic carbocycles. The number of methoxy groups -OCH3 is 1. The Morgan fingerprint density at radius 3 is 2.46 bits per heavy atom. The smallest absolute Gasteiger partial charge is 0.255 e. The summed E-state index contributed by atoms with van der Waals surface area (Å²) in [7, 11) is 1.55. The van der Waals surface area contributed by atoms with Crippen molar-refractivity contribution in [3.8, 4) is 5.75 Å². The second-order valence-electron chi connectivity index (χ2n) is 5.22. The number of carbonyl (C=O) groups is 1. The Balaban J connectivity index is 1.84. The molecule has 3 rings (SSSR count). The Hall–Kier alpha value is -3.15. The number of hydrogen-bond acceptors (Lipinski definition) is 4. The Labute approximate surface area is 140 Å². The van der Waals surface area contributed by atoms with E-state index in [0.717, 1.165) is 5.56 Å². The van der Waals surface area contributed by atoms with Crippen molar-refractivity contribution in [3.05, 3.63) is 78.1 Å². The van der Waals surface area contributed by atoms with Crippen LogP contribution in [0.3, 0.4) is 0 Å². The molecule has 1 unspecified atom stereocenters. The van der Waals surface area contributed by atoms with E-state index in [9.17, 15) is 4.79 Å². The molecular weight excluding hydrogens is 304 g/mol. The molecule has 6 heteroatoms. The average Bonchev–Trinajstić information content (AvgIpc) is 3.15. The molecule has 0 aliphatic heterocycles. The lowest BCUT2D eigenvalue weighted by molar-refractivity contribution is 0.0927. The van der Waals surface area contributed by atoms with Crippen molar-refractivity contribution < 1.29 is 9.53 Å². The maximum Gasteiger partial charge on any atom is 0.255 e. The van der Waals surface area contributed by atoms with E-state index >= 15 is 0 Å². The van der Waals surface area contributed by atoms with Gasteiger partial charge >= 0.3 is 0 Å². The Bertz CT molecular complexity index is 788. The minimum absolute atomic E-state index is 0.201. The van der Waals surface area contributed by atoms with Gasteiger partial charge in [-0.1, -0.05) is 42.5 Å². The van der Waals surface area contributed by atoms with Crippen molar-refractivity contribution in [2.24, 2.45) is 0 Å². The van der Waals surface area contributed by atoms with Crippen molar-refractivity contribution in [1.82, 2.24) is 20.3 Å². The zero-order valence-electron chi connectivity index (χ0n) is 13.3. The molecule has 0 aliphatic rings. The SMILES string of the molecule is COc1ccccc1C(=O)NC(Cn1nccn1)c1ccccc1. The lowest BCUT2D eigenvalue weighted by atomic mass is 10.1. The molecule has 0 bridgehead atoms. The van der Waals surface area contributed by atoms with Crippen LogP contribution in [0.2, 0.25) is 0 Å². The molecule has 1 aromatic heterocycles. The summed E-state index contributed by atoms with van der Waals surface area (Å²) >= 11 is 0. The highest BCUT2D eigenvalue weighted by Crippen LogP contribution is 2.20. The highest BCUT2D eigenvalue weighted by molar-refractivity contribution is 5.97. The van der Waals surface area contributed by atoms with Crippen LogP contribution in [-0.4, -0.2) is 28.0 Å². The molecule has 1 amide bonds. The first-order valence-corrected chi connectivity index (χ1v) is 7.61. The number of ether oxygens (including phenoxy) is 1. The summed E-state index contributed by atoms with van der Waals surface area (Å²) in [6.07, 6.45) is 3.23. The first-order valence-electron chi connectivity index (χ1n) is 7.61. The third-order valence-electron chi connectivity index (χ3n) is 3.67. The number of nitrogens with zero attached hydrogens (tertiary/aromatic N) is 3. The molecule has 3 aromatic rings. The summed E-state index contributed by atoms with van der Waals surface area (Å²) in [5.74, 6) is 0.340. The van der Waals surface area contributed by atoms with E-state index in [0.29, 0.717) is 17.9 Å². The van der Waals surface area contributed by atoms with Gasteiger partial charge in [0.1, 0.15) is 5.75 Å². The van der Waals surface area contributed by atoms with Crippen LogP contribution < -0.4 is 10.1 Å². The first-order chi connectivity index (χ1) is 11.8. The fourth-order valence-electron chi connectivity index (χ4n) is 2.49. The molecule has 6 nitrogen and oxygen atoms in total. The van der Waals surface area contributed by atoms with Gasteiger partial charge in [0, 0.05) is 0 Å². The van der Waals surface area contributed by atoms with Crippen molar-refractivity contribution in [2.75, 3.05) is 7.11 Å². The molecular formula is C18H18N4O2. The van der Waals surface area contributed by atoms with Gasteiger partial charge in [-0.3, -0.25) is 4.79 Å². The van der Waals surface area contributed by atoms with Crippen LogP contribution in [0.5, 0.6) is 5.75 Å². The number of amides is 1. The summed E-state index contributed by atoms with van der Waals surface area (Å²) in [6.45, 7) is 0.442. The van der Waals surface area contributed by atoms with Crippen LogP contribution in [0.25, 0.3) is 0 Å². The summed E-state index contributed by atoms with van der Waals surface area (Å²) in [5.41, 5.74) is 1.48. The second kappa shape index (κ2) is 7.41. The largest absolute Gasteiger partial charge is 0.496 e. The second-order valence-corrected chi connectivity index (χ2v) is 5.22. The number of nitrogens with one attached hydrogen (secondary N) is 1. The predicted molar refractivity (Wildman–Crippen MR) is 89.7 cm³/mol. The van der Waals surface area contributed by atoms with E-state index in [1.807, 2.05) is 42.5 Å². The van der Waals surface area contributed by atoms with E-state index in [2.05, 4.69) is 15.5 Å². The van der Waals surface area contributed by atoms with Crippen LogP contribution in [-0.2, 0) is 6.54 Å². The van der Waals surface area contributed by atoms with Crippen molar-refractivity contribution in [2.45, 2.75) is 12.6 Å². The van der Waals surface area contributed by atoms with Crippen LogP contribution >= 0.6 is 0 Å². The van der Waals surface area contributed by atoms with E-state index in [1.165, 1.54) is 0 Å². The number of rotatable bonds is 6. The predicted octanol–water partition coefficient (Wildman–Crippen LogP) is 2.46. The Kier molecular flexibility index (Phi) is 4.86. The third-order valence-corrected chi connectivity index (χ3v) is 3.67. The van der Waals surface area contributed by atoms with Gasteiger partial charge in [-0.2, -0.15) is 15.0 Å². The molecule has 1 N–H and O–H groups in total. The number of aromatic nitrogens is 3. The summed E-state index contributed by atoms with van der Waals surface area (Å²) < 4.78 is 5.27. The summed E-state index contributed by atoms with van der Waals surface area (Å²) in [4.78, 5) is 14.3. The van der Waals surface area contributed by atoms with E-state index in [4.69, 9.17) is 4.74 Å². The van der Waals surface area contributed by atoms with Crippen molar-refractivity contribution in [3.63, 3.8) is 0 Å². The monoisotopic (exact) mass is 322 g/mol. The van der Waals surface area contributed by atoms with Crippen LogP contribution in [0.4, 0.5) is 0 Å². The van der Waals surface area contributed by atoms with Crippen molar-refractivity contribution in [1.29, 1.82) is 0 Å². The molecule has 0 fully saturated rings. The quantitative estimate of drug-likeness (QED) is 0.757. The van der Waals surface area contributed by atoms with Gasteiger partial charge in [0.05, 0.1) is 37.7 Å². The van der Waals surface area contributed by atoms with Gasteiger partial charge in [-0.15, -0.1) is 0 Å². The number of hydrogen-bond donors (Lipinski definition) is 1. The topological polar surface area (TPSA) is 69.0 Å². The fourth-order valence-corrected chi connectivity index (χ4v) is 2.49. The molecule has 0 saturated heterocycles. The standard InChI is InChI=1S/C18H18N4O2/c1-24-17-10-6-5-9-15(17)18(23)21-16(13-22-19-11-12-20-22)14-7-3-2-4-8-14/h2-12,16H,13H2,1H3,(H,21,23). The maximum absolute atomic E-state index is 12.7. The van der Waals surface area contributed by atoms with Gasteiger partial charge < -0.3 is 10.1 Å². The van der Waals surface area contributed by atoms with E-state index in [1.54, 1.807) is 36.4 Å². The number of benzene rings is 2. The van der Waals surface area contributed by atoms with Gasteiger partial charge in [0.25, 0.3) is 5.91 Å². The molecule has 0 radical (unpaired) electrons. The highest BCUT2D eigenvalue weighted by atomic mass is 16.5. The van der Waals surface area contributed by atoms with Gasteiger partial charge in [-0.05, 0) is 17.7 Å². The Morgan fingerprint density at radius 1 is 1.08 bits per heavy atom. The van der Waals surface area contributed by atoms with Gasteiger partial charge in [0.15, 0.2) is 0 Å². The van der Waals surface area contributed by atoms with E-state index in [-0.39, 0.29) is 11.9 Å². The molecule has 122 valence electrons. The fraction of sp³-hybridized carbons (Fsp3) is 0.167. The zero-order chi connectivity index (χ0) is 16.8. The maximum atomic E-state index is 12.7. The minimum Gasteiger partial charge on any atom is -0.496 e. The molecule has 0 spiro atoms. The van der Waals surface area contributed by atoms with Gasteiger partial charge in [-0.25, -0.2) is 0 Å². The van der Waals surface area contributed by atoms with Crippen molar-refractivity contribution >= 4 is 5.91 Å². The van der Waals surface area contributed by atoms with Crippen LogP contribution in [0, 0.1) is 0 Å². The lowest BCUT2D eigenvalue weighted by Crippen LogP contribution is -2.32. The number of carbonyl (C=O) groups excluding carboxylic acids is 1. The van der Waals surface area contributed by atoms with Crippen LogP contribution in [0.1, 0.15) is 22.0 Å². The molecule has 0 saturated carbocycles. The van der Waals surface area contributed by atoms with Gasteiger partial charge in [0.2, 0.25) is 0 Å². The zero-order valence-corrected chi connectivity index (χ0v) is 13.3. The van der Waals surface area contributed by atoms with Crippen LogP contribution in [0.15, 0.2) is 67.0 Å². The first kappa shape index (κ1) is 15.7. The Morgan fingerprint density at radius 2 is 1.75 bits per heavy atom. The summed E-state index contributed by atoms with van der Waals surface area (Å²) in [6, 6.07) is 16.6. The molecule has 1 heterocycles.